The highest BCUT2D eigenvalue weighted by Crippen LogP contribution is 2.37. The number of nitrogens with zero attached hydrogens (tertiary/aromatic N) is 1. The summed E-state index contributed by atoms with van der Waals surface area (Å²) in [6, 6.07) is 0. The third kappa shape index (κ3) is 2.25. The van der Waals surface area contributed by atoms with E-state index >= 15 is 0 Å². The predicted octanol–water partition coefficient (Wildman–Crippen LogP) is 1.59. The van der Waals surface area contributed by atoms with Gasteiger partial charge in [0.1, 0.15) is 5.01 Å². The molecule has 1 fully saturated rings. The first-order chi connectivity index (χ1) is 7.64. The van der Waals surface area contributed by atoms with E-state index in [9.17, 15) is 4.79 Å². The number of rotatable bonds is 3. The van der Waals surface area contributed by atoms with Crippen LogP contribution >= 0.6 is 11.3 Å². The number of hydrogen-bond donors (Lipinski definition) is 1. The van der Waals surface area contributed by atoms with Crippen LogP contribution in [0.2, 0.25) is 0 Å². The molecule has 4 nitrogen and oxygen atoms in total. The lowest BCUT2D eigenvalue weighted by Gasteiger charge is -2.19. The van der Waals surface area contributed by atoms with Crippen LogP contribution in [-0.2, 0) is 21.5 Å². The number of aromatic nitrogens is 1. The number of carbonyl (C=O) groups excluding carboxylic acids is 1. The Morgan fingerprint density at radius 2 is 2.31 bits per heavy atom. The van der Waals surface area contributed by atoms with Crippen LogP contribution in [0.5, 0.6) is 0 Å². The van der Waals surface area contributed by atoms with Gasteiger partial charge < -0.3 is 10.5 Å². The maximum absolute atomic E-state index is 11.1. The number of hydrogen-bond acceptors (Lipinski definition) is 5. The Balaban J connectivity index is 2.10. The smallest absolute Gasteiger partial charge is 0.311 e. The van der Waals surface area contributed by atoms with E-state index in [2.05, 4.69) is 9.72 Å². The molecule has 2 rings (SSSR count). The van der Waals surface area contributed by atoms with E-state index in [0.29, 0.717) is 0 Å². The zero-order chi connectivity index (χ0) is 11.6. The number of thiazole rings is 1. The van der Waals surface area contributed by atoms with Gasteiger partial charge in [0.25, 0.3) is 0 Å². The Hall–Kier alpha value is -0.940. The molecule has 2 N–H and O–H groups in total. The number of esters is 1. The van der Waals surface area contributed by atoms with Crippen LogP contribution in [0.4, 0.5) is 0 Å². The lowest BCUT2D eigenvalue weighted by Crippen LogP contribution is -2.32. The van der Waals surface area contributed by atoms with Crippen molar-refractivity contribution in [2.24, 2.45) is 5.73 Å². The molecule has 1 aromatic heterocycles. The van der Waals surface area contributed by atoms with Crippen LogP contribution in [0.25, 0.3) is 0 Å². The van der Waals surface area contributed by atoms with E-state index in [-0.39, 0.29) is 17.9 Å². The van der Waals surface area contributed by atoms with Crippen molar-refractivity contribution in [3.05, 3.63) is 16.1 Å². The van der Waals surface area contributed by atoms with Crippen LogP contribution in [0.1, 0.15) is 36.4 Å². The summed E-state index contributed by atoms with van der Waals surface area (Å²) < 4.78 is 4.61. The molecule has 0 aromatic carbocycles. The summed E-state index contributed by atoms with van der Waals surface area (Å²) in [6.07, 6.45) is 4.57. The van der Waals surface area contributed by atoms with Gasteiger partial charge in [-0.15, -0.1) is 11.3 Å². The van der Waals surface area contributed by atoms with E-state index in [1.54, 1.807) is 11.3 Å². The second-order valence-electron chi connectivity index (χ2n) is 4.26. The van der Waals surface area contributed by atoms with Crippen LogP contribution < -0.4 is 5.73 Å². The molecule has 0 amide bonds. The third-order valence-corrected chi connectivity index (χ3v) is 4.14. The molecule has 1 heterocycles. The number of methoxy groups -OCH3 is 1. The van der Waals surface area contributed by atoms with Crippen molar-refractivity contribution in [1.82, 2.24) is 4.98 Å². The molecule has 88 valence electrons. The molecule has 0 unspecified atom stereocenters. The second-order valence-corrected chi connectivity index (χ2v) is 5.12. The monoisotopic (exact) mass is 240 g/mol. The topological polar surface area (TPSA) is 65.2 Å². The van der Waals surface area contributed by atoms with Crippen LogP contribution in [-0.4, -0.2) is 18.1 Å². The number of carbonyl (C=O) groups is 1. The first-order valence-electron chi connectivity index (χ1n) is 5.45. The van der Waals surface area contributed by atoms with Gasteiger partial charge in [0, 0.05) is 5.38 Å². The fourth-order valence-corrected chi connectivity index (χ4v) is 3.05. The summed E-state index contributed by atoms with van der Waals surface area (Å²) in [4.78, 5) is 15.5. The maximum Gasteiger partial charge on any atom is 0.311 e. The molecule has 0 bridgehead atoms. The molecule has 0 saturated heterocycles. The molecule has 1 aromatic rings. The molecule has 1 aliphatic rings. The van der Waals surface area contributed by atoms with Crippen molar-refractivity contribution in [2.75, 3.05) is 7.11 Å². The number of ether oxygens (including phenoxy) is 1. The average Bonchev–Trinajstić information content (AvgIpc) is 2.88. The van der Waals surface area contributed by atoms with Crippen molar-refractivity contribution in [1.29, 1.82) is 0 Å². The SMILES string of the molecule is COC(=O)Cc1csc(C2(N)CCCC2)n1. The molecule has 0 radical (unpaired) electrons. The highest BCUT2D eigenvalue weighted by Gasteiger charge is 2.34. The zero-order valence-electron chi connectivity index (χ0n) is 9.36. The summed E-state index contributed by atoms with van der Waals surface area (Å²) in [6.45, 7) is 0. The van der Waals surface area contributed by atoms with Crippen molar-refractivity contribution >= 4 is 17.3 Å². The van der Waals surface area contributed by atoms with Gasteiger partial charge in [-0.25, -0.2) is 4.98 Å². The first kappa shape index (κ1) is 11.5. The first-order valence-corrected chi connectivity index (χ1v) is 6.32. The fourth-order valence-electron chi connectivity index (χ4n) is 2.06. The van der Waals surface area contributed by atoms with Crippen LogP contribution in [0.15, 0.2) is 5.38 Å². The Bertz CT molecular complexity index is 383. The molecule has 0 aliphatic heterocycles. The van der Waals surface area contributed by atoms with Crippen molar-refractivity contribution in [3.8, 4) is 0 Å². The molecule has 1 saturated carbocycles. The van der Waals surface area contributed by atoms with Gasteiger partial charge in [0.15, 0.2) is 0 Å². The standard InChI is InChI=1S/C11H16N2O2S/c1-15-9(14)6-8-7-16-10(13-8)11(12)4-2-3-5-11/h7H,2-6,12H2,1H3. The molecule has 0 spiro atoms. The van der Waals surface area contributed by atoms with E-state index in [1.165, 1.54) is 20.0 Å². The minimum Gasteiger partial charge on any atom is -0.469 e. The summed E-state index contributed by atoms with van der Waals surface area (Å²) in [5.74, 6) is -0.255. The van der Waals surface area contributed by atoms with Gasteiger partial charge in [-0.1, -0.05) is 12.8 Å². The molecule has 0 atom stereocenters. The average molecular weight is 240 g/mol. The normalized spacial score (nSPS) is 18.6. The van der Waals surface area contributed by atoms with Crippen LogP contribution in [0, 0.1) is 0 Å². The minimum absolute atomic E-state index is 0.239. The van der Waals surface area contributed by atoms with Crippen molar-refractivity contribution in [2.45, 2.75) is 37.6 Å². The molecular weight excluding hydrogens is 224 g/mol. The highest BCUT2D eigenvalue weighted by molar-refractivity contribution is 7.09. The van der Waals surface area contributed by atoms with Gasteiger partial charge in [-0.2, -0.15) is 0 Å². The van der Waals surface area contributed by atoms with E-state index in [0.717, 1.165) is 23.5 Å². The maximum atomic E-state index is 11.1. The predicted molar refractivity (Wildman–Crippen MR) is 62.2 cm³/mol. The second kappa shape index (κ2) is 4.51. The number of nitrogens with two attached hydrogens (primary N) is 1. The van der Waals surface area contributed by atoms with Gasteiger partial charge in [-0.3, -0.25) is 4.79 Å². The zero-order valence-corrected chi connectivity index (χ0v) is 10.2. The van der Waals surface area contributed by atoms with Gasteiger partial charge >= 0.3 is 5.97 Å². The summed E-state index contributed by atoms with van der Waals surface area (Å²) in [7, 11) is 1.39. The third-order valence-electron chi connectivity index (χ3n) is 3.03. The van der Waals surface area contributed by atoms with Crippen molar-refractivity contribution in [3.63, 3.8) is 0 Å². The Morgan fingerprint density at radius 3 is 2.94 bits per heavy atom. The lowest BCUT2D eigenvalue weighted by molar-refractivity contribution is -0.139. The molecule has 16 heavy (non-hydrogen) atoms. The summed E-state index contributed by atoms with van der Waals surface area (Å²) in [5, 5.41) is 2.86. The quantitative estimate of drug-likeness (QED) is 0.815. The summed E-state index contributed by atoms with van der Waals surface area (Å²) in [5.41, 5.74) is 6.80. The van der Waals surface area contributed by atoms with Crippen LogP contribution in [0.3, 0.4) is 0 Å². The van der Waals surface area contributed by atoms with E-state index in [4.69, 9.17) is 5.73 Å². The molecule has 5 heteroatoms. The van der Waals surface area contributed by atoms with E-state index in [1.807, 2.05) is 5.38 Å². The van der Waals surface area contributed by atoms with Gasteiger partial charge in [0.05, 0.1) is 24.8 Å². The Kier molecular flexibility index (Phi) is 3.25. The summed E-state index contributed by atoms with van der Waals surface area (Å²) >= 11 is 1.55. The van der Waals surface area contributed by atoms with Gasteiger partial charge in [0.2, 0.25) is 0 Å². The van der Waals surface area contributed by atoms with Gasteiger partial charge in [-0.05, 0) is 12.8 Å². The van der Waals surface area contributed by atoms with Crippen molar-refractivity contribution < 1.29 is 9.53 Å². The minimum atomic E-state index is -0.255. The Labute approximate surface area is 98.8 Å². The van der Waals surface area contributed by atoms with E-state index < -0.39 is 0 Å². The fraction of sp³-hybridized carbons (Fsp3) is 0.636. The Morgan fingerprint density at radius 1 is 1.62 bits per heavy atom. The lowest BCUT2D eigenvalue weighted by atomic mass is 10.0. The molecule has 1 aliphatic carbocycles. The largest absolute Gasteiger partial charge is 0.469 e. The molecular formula is C11H16N2O2S. The highest BCUT2D eigenvalue weighted by atomic mass is 32.1.